The summed E-state index contributed by atoms with van der Waals surface area (Å²) < 4.78 is 16.7. The maximum absolute atomic E-state index is 12.0. The van der Waals surface area contributed by atoms with Crippen LogP contribution in [-0.4, -0.2) is 35.9 Å². The Morgan fingerprint density at radius 1 is 0.900 bits per heavy atom. The fourth-order valence-electron chi connectivity index (χ4n) is 3.34. The molecule has 0 aliphatic carbocycles. The van der Waals surface area contributed by atoms with Crippen LogP contribution in [-0.2, 0) is 4.74 Å². The van der Waals surface area contributed by atoms with Crippen LogP contribution in [0.4, 0.5) is 0 Å². The number of nitrogens with zero attached hydrogens (tertiary/aromatic N) is 1. The van der Waals surface area contributed by atoms with Crippen molar-refractivity contribution >= 4 is 16.9 Å². The monoisotopic (exact) mass is 417 g/mol. The Labute approximate surface area is 179 Å². The van der Waals surface area contributed by atoms with E-state index in [1.807, 2.05) is 6.92 Å². The van der Waals surface area contributed by atoms with Gasteiger partial charge in [0.2, 0.25) is 0 Å². The Kier molecular flexibility index (Phi) is 10.3. The zero-order valence-electron chi connectivity index (χ0n) is 18.5. The number of hydrogen-bond donors (Lipinski definition) is 1. The summed E-state index contributed by atoms with van der Waals surface area (Å²) >= 11 is 0. The van der Waals surface area contributed by atoms with Crippen LogP contribution in [0.1, 0.15) is 82.5 Å². The molecular weight excluding hydrogens is 382 g/mol. The molecule has 1 heterocycles. The first-order valence-electron chi connectivity index (χ1n) is 11.2. The number of fused-ring (bicyclic) bond motifs is 1. The summed E-state index contributed by atoms with van der Waals surface area (Å²) in [7, 11) is 0. The molecule has 6 heteroatoms. The molecule has 2 aromatic rings. The number of esters is 1. The van der Waals surface area contributed by atoms with Crippen molar-refractivity contribution in [2.75, 3.05) is 19.8 Å². The van der Waals surface area contributed by atoms with Crippen LogP contribution < -0.4 is 9.47 Å². The topological polar surface area (TPSA) is 77.9 Å². The number of benzene rings is 1. The SMILES string of the molecule is CCCCCCCCCCOc1cc2c(O)c(C(=O)OCC)cnc2cc1OCC. The molecule has 30 heavy (non-hydrogen) atoms. The maximum Gasteiger partial charge on any atom is 0.343 e. The second-order valence-electron chi connectivity index (χ2n) is 7.31. The van der Waals surface area contributed by atoms with E-state index >= 15 is 0 Å². The van der Waals surface area contributed by atoms with Crippen molar-refractivity contribution in [2.24, 2.45) is 0 Å². The van der Waals surface area contributed by atoms with E-state index in [0.29, 0.717) is 35.6 Å². The van der Waals surface area contributed by atoms with Crippen LogP contribution in [0.15, 0.2) is 18.3 Å². The minimum atomic E-state index is -0.598. The molecule has 1 aromatic carbocycles. The van der Waals surface area contributed by atoms with Gasteiger partial charge in [-0.1, -0.05) is 51.9 Å². The highest BCUT2D eigenvalue weighted by molar-refractivity contribution is 6.00. The van der Waals surface area contributed by atoms with Gasteiger partial charge in [-0.2, -0.15) is 0 Å². The van der Waals surface area contributed by atoms with Gasteiger partial charge in [-0.25, -0.2) is 4.79 Å². The maximum atomic E-state index is 12.0. The first kappa shape index (κ1) is 23.8. The summed E-state index contributed by atoms with van der Waals surface area (Å²) in [6.45, 7) is 7.15. The van der Waals surface area contributed by atoms with Crippen molar-refractivity contribution in [1.82, 2.24) is 4.98 Å². The standard InChI is InChI=1S/C24H35NO5/c1-4-7-8-9-10-11-12-13-14-30-21-15-18-20(16-22(21)28-5-2)25-17-19(23(18)26)24(27)29-6-3/h15-17H,4-14H2,1-3H3,(H,25,26). The summed E-state index contributed by atoms with van der Waals surface area (Å²) in [5, 5.41) is 11.0. The lowest BCUT2D eigenvalue weighted by molar-refractivity contribution is 0.0523. The second-order valence-corrected chi connectivity index (χ2v) is 7.31. The lowest BCUT2D eigenvalue weighted by atomic mass is 10.1. The number of hydrogen-bond acceptors (Lipinski definition) is 6. The van der Waals surface area contributed by atoms with Crippen molar-refractivity contribution in [3.05, 3.63) is 23.9 Å². The third-order valence-electron chi connectivity index (χ3n) is 4.96. The number of pyridine rings is 1. The van der Waals surface area contributed by atoms with Crippen molar-refractivity contribution in [1.29, 1.82) is 0 Å². The van der Waals surface area contributed by atoms with E-state index in [1.54, 1.807) is 19.1 Å². The minimum absolute atomic E-state index is 0.0440. The van der Waals surface area contributed by atoms with Gasteiger partial charge in [0.05, 0.1) is 25.3 Å². The largest absolute Gasteiger partial charge is 0.506 e. The molecule has 0 spiro atoms. The van der Waals surface area contributed by atoms with E-state index in [9.17, 15) is 9.90 Å². The van der Waals surface area contributed by atoms with Crippen LogP contribution in [0, 0.1) is 0 Å². The Morgan fingerprint density at radius 3 is 2.23 bits per heavy atom. The molecule has 1 N–H and O–H groups in total. The Bertz CT molecular complexity index is 806. The highest BCUT2D eigenvalue weighted by Crippen LogP contribution is 2.37. The van der Waals surface area contributed by atoms with Gasteiger partial charge in [0.25, 0.3) is 0 Å². The summed E-state index contributed by atoms with van der Waals surface area (Å²) in [6.07, 6.45) is 11.1. The van der Waals surface area contributed by atoms with E-state index in [2.05, 4.69) is 11.9 Å². The third kappa shape index (κ3) is 6.78. The molecule has 2 rings (SSSR count). The average molecular weight is 418 g/mol. The number of aromatic nitrogens is 1. The van der Waals surface area contributed by atoms with Crippen LogP contribution in [0.5, 0.6) is 17.2 Å². The number of aromatic hydroxyl groups is 1. The molecule has 0 bridgehead atoms. The molecular formula is C24H35NO5. The Hall–Kier alpha value is -2.50. The third-order valence-corrected chi connectivity index (χ3v) is 4.96. The van der Waals surface area contributed by atoms with Gasteiger partial charge >= 0.3 is 5.97 Å². The van der Waals surface area contributed by atoms with E-state index < -0.39 is 5.97 Å². The zero-order valence-corrected chi connectivity index (χ0v) is 18.5. The van der Waals surface area contributed by atoms with Gasteiger partial charge in [0, 0.05) is 17.6 Å². The summed E-state index contributed by atoms with van der Waals surface area (Å²) in [5.74, 6) is 0.379. The van der Waals surface area contributed by atoms with Gasteiger partial charge in [-0.05, 0) is 26.3 Å². The summed E-state index contributed by atoms with van der Waals surface area (Å²) in [5.41, 5.74) is 0.575. The lowest BCUT2D eigenvalue weighted by Crippen LogP contribution is -2.06. The summed E-state index contributed by atoms with van der Waals surface area (Å²) in [6, 6.07) is 3.42. The number of carbonyl (C=O) groups is 1. The molecule has 0 saturated carbocycles. The average Bonchev–Trinajstić information content (AvgIpc) is 2.73. The highest BCUT2D eigenvalue weighted by Gasteiger charge is 2.18. The van der Waals surface area contributed by atoms with E-state index in [0.717, 1.165) is 12.8 Å². The predicted octanol–water partition coefficient (Wildman–Crippen LogP) is 6.04. The van der Waals surface area contributed by atoms with Crippen molar-refractivity contribution < 1.29 is 24.1 Å². The lowest BCUT2D eigenvalue weighted by Gasteiger charge is -2.14. The minimum Gasteiger partial charge on any atom is -0.506 e. The molecule has 0 amide bonds. The van der Waals surface area contributed by atoms with Crippen molar-refractivity contribution in [3.8, 4) is 17.2 Å². The van der Waals surface area contributed by atoms with E-state index in [-0.39, 0.29) is 17.9 Å². The van der Waals surface area contributed by atoms with Crippen LogP contribution in [0.3, 0.4) is 0 Å². The molecule has 0 aliphatic rings. The Balaban J connectivity index is 2.04. The number of unbranched alkanes of at least 4 members (excludes halogenated alkanes) is 7. The molecule has 0 fully saturated rings. The van der Waals surface area contributed by atoms with Gasteiger partial charge < -0.3 is 19.3 Å². The van der Waals surface area contributed by atoms with Crippen LogP contribution >= 0.6 is 0 Å². The fraction of sp³-hybridized carbons (Fsp3) is 0.583. The van der Waals surface area contributed by atoms with E-state index in [4.69, 9.17) is 14.2 Å². The molecule has 1 aromatic heterocycles. The zero-order chi connectivity index (χ0) is 21.8. The molecule has 166 valence electrons. The van der Waals surface area contributed by atoms with Gasteiger partial charge in [0.1, 0.15) is 11.3 Å². The quantitative estimate of drug-likeness (QED) is 0.298. The number of carbonyl (C=O) groups excluding carboxylic acids is 1. The smallest absolute Gasteiger partial charge is 0.343 e. The van der Waals surface area contributed by atoms with Crippen molar-refractivity contribution in [3.63, 3.8) is 0 Å². The first-order chi connectivity index (χ1) is 14.6. The molecule has 0 saturated heterocycles. The molecule has 0 atom stereocenters. The normalized spacial score (nSPS) is 10.9. The predicted molar refractivity (Wildman–Crippen MR) is 119 cm³/mol. The van der Waals surface area contributed by atoms with Crippen LogP contribution in [0.2, 0.25) is 0 Å². The van der Waals surface area contributed by atoms with E-state index in [1.165, 1.54) is 44.7 Å². The Morgan fingerprint density at radius 2 is 1.57 bits per heavy atom. The van der Waals surface area contributed by atoms with Gasteiger partial charge in [-0.15, -0.1) is 0 Å². The molecule has 0 radical (unpaired) electrons. The number of ether oxygens (including phenoxy) is 3. The van der Waals surface area contributed by atoms with Crippen LogP contribution in [0.25, 0.3) is 10.9 Å². The highest BCUT2D eigenvalue weighted by atomic mass is 16.5. The summed E-state index contributed by atoms with van der Waals surface area (Å²) in [4.78, 5) is 16.3. The second kappa shape index (κ2) is 12.9. The first-order valence-corrected chi connectivity index (χ1v) is 11.2. The molecule has 0 aliphatic heterocycles. The molecule has 6 nitrogen and oxygen atoms in total. The fourth-order valence-corrected chi connectivity index (χ4v) is 3.34. The van der Waals surface area contributed by atoms with Crippen molar-refractivity contribution in [2.45, 2.75) is 72.1 Å². The molecule has 0 unspecified atom stereocenters. The van der Waals surface area contributed by atoms with Gasteiger partial charge in [-0.3, -0.25) is 4.98 Å². The number of rotatable bonds is 14. The van der Waals surface area contributed by atoms with Gasteiger partial charge in [0.15, 0.2) is 11.5 Å².